The van der Waals surface area contributed by atoms with Gasteiger partial charge in [0.25, 0.3) is 5.91 Å². The van der Waals surface area contributed by atoms with Crippen molar-refractivity contribution in [3.05, 3.63) is 58.9 Å². The van der Waals surface area contributed by atoms with E-state index in [1.54, 1.807) is 24.0 Å². The first-order valence-corrected chi connectivity index (χ1v) is 7.02. The van der Waals surface area contributed by atoms with Gasteiger partial charge in [0.2, 0.25) is 0 Å². The van der Waals surface area contributed by atoms with Gasteiger partial charge in [-0.2, -0.15) is 5.10 Å². The van der Waals surface area contributed by atoms with Crippen LogP contribution >= 0.6 is 11.8 Å². The van der Waals surface area contributed by atoms with Crippen LogP contribution in [0.1, 0.15) is 21.6 Å². The highest BCUT2D eigenvalue weighted by molar-refractivity contribution is 8.03. The van der Waals surface area contributed by atoms with Gasteiger partial charge in [-0.1, -0.05) is 36.0 Å². The molecule has 0 atom stereocenters. The second-order valence-corrected chi connectivity index (χ2v) is 5.76. The molecule has 2 aromatic rings. The van der Waals surface area contributed by atoms with Gasteiger partial charge in [0, 0.05) is 18.1 Å². The quantitative estimate of drug-likeness (QED) is 0.879. The summed E-state index contributed by atoms with van der Waals surface area (Å²) >= 11 is 1.45. The molecule has 2 rings (SSSR count). The van der Waals surface area contributed by atoms with Gasteiger partial charge in [-0.3, -0.25) is 9.48 Å². The molecule has 1 amide bonds. The van der Waals surface area contributed by atoms with E-state index in [1.165, 1.54) is 22.9 Å². The van der Waals surface area contributed by atoms with Crippen LogP contribution in [0.3, 0.4) is 0 Å². The Kier molecular flexibility index (Phi) is 4.29. The summed E-state index contributed by atoms with van der Waals surface area (Å²) in [5.41, 5.74) is 2.77. The van der Waals surface area contributed by atoms with Crippen molar-refractivity contribution in [2.45, 2.75) is 18.7 Å². The zero-order chi connectivity index (χ0) is 14.7. The Morgan fingerprint density at radius 1 is 1.35 bits per heavy atom. The molecule has 0 aliphatic heterocycles. The lowest BCUT2D eigenvalue weighted by Crippen LogP contribution is -2.21. The molecule has 0 aliphatic rings. The van der Waals surface area contributed by atoms with Crippen molar-refractivity contribution < 1.29 is 4.79 Å². The van der Waals surface area contributed by atoms with Crippen LogP contribution in [0.2, 0.25) is 0 Å². The minimum atomic E-state index is -0.243. The molecular weight excluding hydrogens is 270 g/mol. The Morgan fingerprint density at radius 2 is 2.10 bits per heavy atom. The third-order valence-corrected chi connectivity index (χ3v) is 3.79. The summed E-state index contributed by atoms with van der Waals surface area (Å²) < 4.78 is 1.59. The number of carbonyl (C=O) groups is 1. The van der Waals surface area contributed by atoms with Crippen molar-refractivity contribution in [1.82, 2.24) is 15.1 Å². The molecule has 4 nitrogen and oxygen atoms in total. The normalized spacial score (nSPS) is 10.3. The fourth-order valence-electron chi connectivity index (χ4n) is 1.80. The third-order valence-electron chi connectivity index (χ3n) is 2.76. The summed E-state index contributed by atoms with van der Waals surface area (Å²) in [5.74, 6) is -0.243. The van der Waals surface area contributed by atoms with Crippen molar-refractivity contribution in [3.63, 3.8) is 0 Å². The summed E-state index contributed by atoms with van der Waals surface area (Å²) in [4.78, 5) is 13.0. The maximum atomic E-state index is 11.9. The zero-order valence-electron chi connectivity index (χ0n) is 11.8. The van der Waals surface area contributed by atoms with Crippen LogP contribution < -0.4 is 5.32 Å². The highest BCUT2D eigenvalue weighted by Crippen LogP contribution is 2.27. The van der Waals surface area contributed by atoms with E-state index in [-0.39, 0.29) is 5.91 Å². The molecule has 0 bridgehead atoms. The van der Waals surface area contributed by atoms with Gasteiger partial charge in [-0.05, 0) is 31.5 Å². The van der Waals surface area contributed by atoms with Crippen molar-refractivity contribution in [1.29, 1.82) is 0 Å². The lowest BCUT2D eigenvalue weighted by Gasteiger charge is -2.09. The monoisotopic (exact) mass is 287 g/mol. The molecule has 1 aromatic carbocycles. The average molecular weight is 287 g/mol. The van der Waals surface area contributed by atoms with Gasteiger partial charge in [0.15, 0.2) is 5.69 Å². The van der Waals surface area contributed by atoms with E-state index in [0.29, 0.717) is 10.7 Å². The fourth-order valence-corrected chi connectivity index (χ4v) is 2.56. The maximum Gasteiger partial charge on any atom is 0.276 e. The molecule has 0 saturated heterocycles. The lowest BCUT2D eigenvalue weighted by molar-refractivity contribution is 0.0963. The number of nitrogens with zero attached hydrogens (tertiary/aromatic N) is 2. The number of rotatable bonds is 4. The Bertz CT molecular complexity index is 661. The van der Waals surface area contributed by atoms with E-state index in [1.807, 2.05) is 19.1 Å². The number of aryl methyl sites for hydroxylation is 3. The van der Waals surface area contributed by atoms with Crippen LogP contribution in [-0.2, 0) is 7.05 Å². The van der Waals surface area contributed by atoms with Crippen LogP contribution in [0.5, 0.6) is 0 Å². The summed E-state index contributed by atoms with van der Waals surface area (Å²) in [6.07, 6.45) is 1.73. The van der Waals surface area contributed by atoms with Gasteiger partial charge in [0.1, 0.15) is 0 Å². The van der Waals surface area contributed by atoms with E-state index < -0.39 is 0 Å². The van der Waals surface area contributed by atoms with Gasteiger partial charge in [-0.15, -0.1) is 0 Å². The van der Waals surface area contributed by atoms with Crippen LogP contribution in [0.4, 0.5) is 0 Å². The Morgan fingerprint density at radius 3 is 2.70 bits per heavy atom. The highest BCUT2D eigenvalue weighted by Gasteiger charge is 2.11. The van der Waals surface area contributed by atoms with Crippen LogP contribution in [-0.4, -0.2) is 15.7 Å². The average Bonchev–Trinajstić information content (AvgIpc) is 2.79. The molecule has 104 valence electrons. The topological polar surface area (TPSA) is 46.9 Å². The largest absolute Gasteiger partial charge is 0.315 e. The van der Waals surface area contributed by atoms with Crippen LogP contribution in [0, 0.1) is 13.8 Å². The van der Waals surface area contributed by atoms with E-state index in [9.17, 15) is 4.79 Å². The first kappa shape index (κ1) is 14.4. The van der Waals surface area contributed by atoms with Crippen LogP contribution in [0.25, 0.3) is 0 Å². The first-order chi connectivity index (χ1) is 9.45. The molecule has 5 heteroatoms. The Hall–Kier alpha value is -2.01. The Balaban J connectivity index is 2.00. The second-order valence-electron chi connectivity index (χ2n) is 4.62. The lowest BCUT2D eigenvalue weighted by atomic mass is 10.2. The molecular formula is C15H17N3OS. The molecule has 1 aromatic heterocycles. The number of amides is 1. The number of thioether (sulfide) groups is 1. The standard InChI is InChI=1S/C15H17N3OS/c1-10-5-6-14(11(2)9-10)20-12(3)16-15(19)13-7-8-18(4)17-13/h5-9H,3H2,1-2,4H3,(H,16,19). The molecule has 0 unspecified atom stereocenters. The number of hydrogen-bond donors (Lipinski definition) is 1. The zero-order valence-corrected chi connectivity index (χ0v) is 12.6. The maximum absolute atomic E-state index is 11.9. The number of hydrogen-bond acceptors (Lipinski definition) is 3. The summed E-state index contributed by atoms with van der Waals surface area (Å²) in [6, 6.07) is 7.86. The van der Waals surface area contributed by atoms with E-state index in [2.05, 4.69) is 30.0 Å². The van der Waals surface area contributed by atoms with Crippen LogP contribution in [0.15, 0.2) is 47.0 Å². The molecule has 0 radical (unpaired) electrons. The molecule has 0 saturated carbocycles. The van der Waals surface area contributed by atoms with E-state index >= 15 is 0 Å². The third kappa shape index (κ3) is 3.51. The summed E-state index contributed by atoms with van der Waals surface area (Å²) in [5, 5.41) is 7.40. The minimum Gasteiger partial charge on any atom is -0.315 e. The minimum absolute atomic E-state index is 0.243. The predicted octanol–water partition coefficient (Wildman–Crippen LogP) is 3.03. The fraction of sp³-hybridized carbons (Fsp3) is 0.200. The number of carbonyl (C=O) groups excluding carboxylic acids is 1. The highest BCUT2D eigenvalue weighted by atomic mass is 32.2. The molecule has 0 spiro atoms. The van der Waals surface area contributed by atoms with Crippen molar-refractivity contribution >= 4 is 17.7 Å². The van der Waals surface area contributed by atoms with Gasteiger partial charge < -0.3 is 5.32 Å². The number of nitrogens with one attached hydrogen (secondary N) is 1. The summed E-state index contributed by atoms with van der Waals surface area (Å²) in [6.45, 7) is 7.98. The number of aromatic nitrogens is 2. The Labute approximate surface area is 122 Å². The predicted molar refractivity (Wildman–Crippen MR) is 81.6 cm³/mol. The van der Waals surface area contributed by atoms with Gasteiger partial charge in [0.05, 0.1) is 5.03 Å². The van der Waals surface area contributed by atoms with Gasteiger partial charge >= 0.3 is 0 Å². The van der Waals surface area contributed by atoms with Gasteiger partial charge in [-0.25, -0.2) is 0 Å². The molecule has 0 fully saturated rings. The molecule has 20 heavy (non-hydrogen) atoms. The SMILES string of the molecule is C=C(NC(=O)c1ccn(C)n1)Sc1ccc(C)cc1C. The smallest absolute Gasteiger partial charge is 0.276 e. The first-order valence-electron chi connectivity index (χ1n) is 6.20. The van der Waals surface area contributed by atoms with Crippen molar-refractivity contribution in [3.8, 4) is 0 Å². The van der Waals surface area contributed by atoms with Crippen molar-refractivity contribution in [2.24, 2.45) is 7.05 Å². The molecule has 0 aliphatic carbocycles. The molecule has 1 heterocycles. The number of benzene rings is 1. The van der Waals surface area contributed by atoms with E-state index in [0.717, 1.165) is 4.90 Å². The molecule has 1 N–H and O–H groups in total. The summed E-state index contributed by atoms with van der Waals surface area (Å²) in [7, 11) is 1.77. The van der Waals surface area contributed by atoms with E-state index in [4.69, 9.17) is 0 Å². The second kappa shape index (κ2) is 5.96. The van der Waals surface area contributed by atoms with Crippen molar-refractivity contribution in [2.75, 3.05) is 0 Å².